The van der Waals surface area contributed by atoms with E-state index in [4.69, 9.17) is 0 Å². The Labute approximate surface area is 107 Å². The molecule has 0 fully saturated rings. The molecule has 1 aliphatic heterocycles. The Hall–Kier alpha value is -1.53. The zero-order valence-corrected chi connectivity index (χ0v) is 10.3. The summed E-state index contributed by atoms with van der Waals surface area (Å²) in [6.45, 7) is 0. The lowest BCUT2D eigenvalue weighted by molar-refractivity contribution is 0.261. The molecule has 0 saturated carbocycles. The van der Waals surface area contributed by atoms with Gasteiger partial charge in [-0.1, -0.05) is 23.9 Å². The van der Waals surface area contributed by atoms with Crippen molar-refractivity contribution in [3.8, 4) is 0 Å². The predicted molar refractivity (Wildman–Crippen MR) is 70.9 cm³/mol. The van der Waals surface area contributed by atoms with Crippen LogP contribution < -0.4 is 5.43 Å². The summed E-state index contributed by atoms with van der Waals surface area (Å²) in [6, 6.07) is 7.78. The molecule has 0 aliphatic carbocycles. The lowest BCUT2D eigenvalue weighted by Gasteiger charge is -2.08. The normalized spacial score (nSPS) is 15.1. The number of halogens is 1. The Morgan fingerprint density at radius 3 is 2.82 bits per heavy atom. The molecule has 0 spiro atoms. The summed E-state index contributed by atoms with van der Waals surface area (Å²) in [5.74, 6) is 1.26. The molecule has 1 aromatic heterocycles. The summed E-state index contributed by atoms with van der Waals surface area (Å²) in [4.78, 5) is 18.5. The van der Waals surface area contributed by atoms with Crippen molar-refractivity contribution in [3.05, 3.63) is 30.1 Å². The summed E-state index contributed by atoms with van der Waals surface area (Å²) in [5.41, 5.74) is 5.07. The minimum Gasteiger partial charge on any atom is -0.337 e. The molecule has 0 radical (unpaired) electrons. The maximum atomic E-state index is 10.9. The largest absolute Gasteiger partial charge is 0.337 e. The first-order valence-electron chi connectivity index (χ1n) is 4.77. The number of H-pyrrole nitrogens is 1. The van der Waals surface area contributed by atoms with Crippen LogP contribution in [0.15, 0.2) is 29.4 Å². The number of para-hydroxylation sites is 2. The van der Waals surface area contributed by atoms with Crippen LogP contribution in [-0.2, 0) is 0 Å². The average molecular weight is 269 g/mol. The fourth-order valence-corrected chi connectivity index (χ4v) is 2.10. The molecule has 3 rings (SSSR count). The van der Waals surface area contributed by atoms with Crippen molar-refractivity contribution < 1.29 is 4.79 Å². The molecule has 7 heteroatoms. The van der Waals surface area contributed by atoms with Gasteiger partial charge >= 0.3 is 0 Å². The number of hydrazone groups is 1. The van der Waals surface area contributed by atoms with Crippen LogP contribution in [0.3, 0.4) is 0 Å². The first-order valence-corrected chi connectivity index (χ1v) is 5.76. The Bertz CT molecular complexity index is 562. The van der Waals surface area contributed by atoms with Crippen molar-refractivity contribution >= 4 is 46.2 Å². The van der Waals surface area contributed by atoms with Crippen LogP contribution in [0, 0.1) is 0 Å². The number of hydrogen-bond donors (Lipinski definition) is 2. The Balaban J connectivity index is 0.00000108. The van der Waals surface area contributed by atoms with Gasteiger partial charge in [-0.3, -0.25) is 4.79 Å². The summed E-state index contributed by atoms with van der Waals surface area (Å²) in [6.07, 6.45) is 0. The summed E-state index contributed by atoms with van der Waals surface area (Å²) < 4.78 is 0. The van der Waals surface area contributed by atoms with Gasteiger partial charge in [0.1, 0.15) is 5.71 Å². The molecule has 2 aromatic rings. The fraction of sp³-hybridized carbons (Fsp3) is 0.100. The maximum absolute atomic E-state index is 10.9. The predicted octanol–water partition coefficient (Wildman–Crippen LogP) is 2.15. The third kappa shape index (κ3) is 2.27. The number of nitrogens with zero attached hydrogens (tertiary/aromatic N) is 2. The zero-order valence-electron chi connectivity index (χ0n) is 8.64. The highest BCUT2D eigenvalue weighted by atomic mass is 35.5. The van der Waals surface area contributed by atoms with E-state index in [1.807, 2.05) is 24.3 Å². The summed E-state index contributed by atoms with van der Waals surface area (Å²) in [5, 5.41) is 3.85. The summed E-state index contributed by atoms with van der Waals surface area (Å²) >= 11 is 1.19. The van der Waals surface area contributed by atoms with Crippen LogP contribution in [-0.4, -0.2) is 26.7 Å². The molecule has 88 valence electrons. The molecule has 2 N–H and O–H groups in total. The van der Waals surface area contributed by atoms with E-state index in [2.05, 4.69) is 20.5 Å². The summed E-state index contributed by atoms with van der Waals surface area (Å²) in [7, 11) is 0. The number of nitrogens with one attached hydrogen (secondary N) is 2. The van der Waals surface area contributed by atoms with Crippen molar-refractivity contribution in [1.29, 1.82) is 0 Å². The maximum Gasteiger partial charge on any atom is 0.299 e. The lowest BCUT2D eigenvalue weighted by atomic mass is 10.3. The standard InChI is InChI=1S/C10H8N4OS.ClH/c15-10-14-13-8(5-16-10)9-11-6-3-1-2-4-7(6)12-9;/h1-4H,5H2,(H,11,12)(H,14,15);1H. The number of amides is 1. The van der Waals surface area contributed by atoms with Crippen LogP contribution in [0.25, 0.3) is 11.0 Å². The van der Waals surface area contributed by atoms with E-state index >= 15 is 0 Å². The number of imidazole rings is 1. The second-order valence-corrected chi connectivity index (χ2v) is 4.30. The smallest absolute Gasteiger partial charge is 0.299 e. The zero-order chi connectivity index (χ0) is 11.0. The molecule has 0 bridgehead atoms. The molecule has 1 aromatic carbocycles. The van der Waals surface area contributed by atoms with Crippen LogP contribution in [0.2, 0.25) is 0 Å². The number of rotatable bonds is 1. The Kier molecular flexibility index (Phi) is 3.35. The molecule has 0 atom stereocenters. The highest BCUT2D eigenvalue weighted by molar-refractivity contribution is 8.14. The SMILES string of the molecule is Cl.O=C1NN=C(c2nc3ccccc3[nH]2)CS1. The number of carbonyl (C=O) groups excluding carboxylic acids is 1. The topological polar surface area (TPSA) is 70.1 Å². The Morgan fingerprint density at radius 1 is 1.29 bits per heavy atom. The number of aromatic amines is 1. The Morgan fingerprint density at radius 2 is 2.12 bits per heavy atom. The monoisotopic (exact) mass is 268 g/mol. The van der Waals surface area contributed by atoms with Crippen molar-refractivity contribution in [2.75, 3.05) is 5.75 Å². The van der Waals surface area contributed by atoms with Gasteiger partial charge in [0.2, 0.25) is 0 Å². The lowest BCUT2D eigenvalue weighted by Crippen LogP contribution is -2.24. The van der Waals surface area contributed by atoms with Crippen LogP contribution >= 0.6 is 24.2 Å². The van der Waals surface area contributed by atoms with Crippen molar-refractivity contribution in [2.24, 2.45) is 5.10 Å². The van der Waals surface area contributed by atoms with Gasteiger partial charge in [-0.25, -0.2) is 10.4 Å². The van der Waals surface area contributed by atoms with Gasteiger partial charge in [-0.05, 0) is 12.1 Å². The van der Waals surface area contributed by atoms with Gasteiger partial charge in [0, 0.05) is 0 Å². The van der Waals surface area contributed by atoms with Crippen LogP contribution in [0.5, 0.6) is 0 Å². The minimum atomic E-state index is -0.125. The van der Waals surface area contributed by atoms with Crippen molar-refractivity contribution in [2.45, 2.75) is 0 Å². The molecule has 2 heterocycles. The van der Waals surface area contributed by atoms with Gasteiger partial charge in [-0.15, -0.1) is 12.4 Å². The molecule has 5 nitrogen and oxygen atoms in total. The quantitative estimate of drug-likeness (QED) is 0.832. The molecule has 17 heavy (non-hydrogen) atoms. The molecule has 1 aliphatic rings. The van der Waals surface area contributed by atoms with E-state index < -0.39 is 0 Å². The second-order valence-electron chi connectivity index (χ2n) is 3.35. The van der Waals surface area contributed by atoms with Crippen molar-refractivity contribution in [1.82, 2.24) is 15.4 Å². The number of hydrogen-bond acceptors (Lipinski definition) is 4. The molecule has 0 saturated heterocycles. The van der Waals surface area contributed by atoms with E-state index in [0.717, 1.165) is 16.7 Å². The number of carbonyl (C=O) groups is 1. The van der Waals surface area contributed by atoms with E-state index in [1.165, 1.54) is 11.8 Å². The highest BCUT2D eigenvalue weighted by Gasteiger charge is 2.16. The average Bonchev–Trinajstić information content (AvgIpc) is 2.73. The number of thioether (sulfide) groups is 1. The number of aromatic nitrogens is 2. The van der Waals surface area contributed by atoms with Gasteiger partial charge in [0.05, 0.1) is 16.8 Å². The van der Waals surface area contributed by atoms with E-state index in [1.54, 1.807) is 0 Å². The van der Waals surface area contributed by atoms with Gasteiger partial charge in [-0.2, -0.15) is 5.10 Å². The molecular formula is C10H9ClN4OS. The second kappa shape index (κ2) is 4.77. The first kappa shape index (κ1) is 11.9. The molecule has 1 amide bonds. The third-order valence-corrected chi connectivity index (χ3v) is 3.06. The van der Waals surface area contributed by atoms with Crippen LogP contribution in [0.4, 0.5) is 4.79 Å². The van der Waals surface area contributed by atoms with E-state index in [0.29, 0.717) is 11.6 Å². The van der Waals surface area contributed by atoms with Gasteiger partial charge in [0.25, 0.3) is 5.24 Å². The molecule has 0 unspecified atom stereocenters. The van der Waals surface area contributed by atoms with Crippen LogP contribution in [0.1, 0.15) is 5.82 Å². The number of fused-ring (bicyclic) bond motifs is 1. The number of benzene rings is 1. The highest BCUT2D eigenvalue weighted by Crippen LogP contribution is 2.15. The van der Waals surface area contributed by atoms with E-state index in [-0.39, 0.29) is 17.6 Å². The molecular weight excluding hydrogens is 260 g/mol. The van der Waals surface area contributed by atoms with Gasteiger partial charge < -0.3 is 4.98 Å². The third-order valence-electron chi connectivity index (χ3n) is 2.28. The van der Waals surface area contributed by atoms with Gasteiger partial charge in [0.15, 0.2) is 5.82 Å². The van der Waals surface area contributed by atoms with Crippen molar-refractivity contribution in [3.63, 3.8) is 0 Å². The first-order chi connectivity index (χ1) is 7.83. The minimum absolute atomic E-state index is 0. The van der Waals surface area contributed by atoms with E-state index in [9.17, 15) is 4.79 Å². The fourth-order valence-electron chi connectivity index (χ4n) is 1.52.